The number of hydrogen-bond acceptors (Lipinski definition) is 6. The standard InChI is InChI=1S/C31H28Si.6C5H10O2.8ClH.8H2N.4Pt.V.2H2/c1-23-19-21-27(22-20-23)31-29(25-15-9-5-10-16-25)28(24-13-7-4-8-14-24)30(32(31,2)3)26-17-11-6-12-18-26;6*1-2-3-4-5(6)7;;;;;;;;;;;;;;;;;;;;;;;/h4-22H,1-3H3;6*2-4H2,1H3,(H,6,7);8*1H;8*1H2;;;;;;2*1H/q;;;;;;;;;;;;;;;8*-1;4*+4;;;/p-8/i;;;;;;;;;;;;;;;;;;;;;;;;;;;;2*1+1. The molecule has 0 spiro atoms. The number of carboxylic acids is 6. The molecule has 1 aliphatic heterocycles. The molecule has 0 bridgehead atoms. The predicted molar refractivity (Wildman–Crippen MR) is 398 cm³/mol. The van der Waals surface area contributed by atoms with Crippen molar-refractivity contribution in [2.45, 2.75) is 177 Å². The first-order valence-corrected chi connectivity index (χ1v) is 52.7. The molecule has 0 aromatic heterocycles. The normalized spacial score (nSPS) is 9.95. The number of aliphatic carboxylic acids is 6. The van der Waals surface area contributed by atoms with Crippen LogP contribution in [0.5, 0.6) is 0 Å². The third kappa shape index (κ3) is 81.6. The van der Waals surface area contributed by atoms with Crippen LogP contribution in [0, 0.1) is 6.92 Å². The summed E-state index contributed by atoms with van der Waals surface area (Å²) in [5.74, 6) is -4.16. The molecule has 34 heteroatoms. The van der Waals surface area contributed by atoms with Crippen LogP contribution in [0.4, 0.5) is 0 Å². The Morgan fingerprint density at radius 2 is 0.484 bits per heavy atom. The van der Waals surface area contributed by atoms with E-state index in [1.54, 1.807) is 0 Å². The summed E-state index contributed by atoms with van der Waals surface area (Å²) >= 11 is -1.89. The first-order valence-electron chi connectivity index (χ1n) is 27.2. The summed E-state index contributed by atoms with van der Waals surface area (Å²) in [5, 5.41) is 51.3. The number of aryl methyl sites for hydroxylation is 1. The zero-order chi connectivity index (χ0) is 67.2. The Morgan fingerprint density at radius 3 is 0.632 bits per heavy atom. The van der Waals surface area contributed by atoms with Crippen molar-refractivity contribution in [2.75, 3.05) is 0 Å². The molecule has 0 aliphatic carbocycles. The molecule has 0 amide bonds. The van der Waals surface area contributed by atoms with Crippen molar-refractivity contribution < 1.29 is 147 Å². The Labute approximate surface area is 649 Å². The fourth-order valence-corrected chi connectivity index (χ4v) is 10.9. The topological polar surface area (TPSA) is 492 Å². The predicted octanol–water partition coefficient (Wildman–Crippen LogP) is 27.6. The second-order valence-electron chi connectivity index (χ2n) is 18.3. The molecule has 0 unspecified atom stereocenters. The first-order chi connectivity index (χ1) is 40.8. The van der Waals surface area contributed by atoms with Crippen LogP contribution >= 0.6 is 75.3 Å². The summed E-state index contributed by atoms with van der Waals surface area (Å²) in [6.45, 7) is 19.0. The van der Waals surface area contributed by atoms with Crippen molar-refractivity contribution in [3.05, 3.63) is 192 Å². The number of benzene rings is 4. The zero-order valence-corrected chi connectivity index (χ0v) is 72.7. The molecule has 4 aromatic carbocycles. The molecule has 5 rings (SSSR count). The molecule has 22 N–H and O–H groups in total. The van der Waals surface area contributed by atoms with Gasteiger partial charge in [-0.1, -0.05) is 214 Å². The molecular weight excluding hydrogens is 2180 g/mol. The molecular formula is C61H108Cl8N8O12Pt4SiV. The van der Waals surface area contributed by atoms with Gasteiger partial charge < -0.3 is 79.8 Å². The van der Waals surface area contributed by atoms with Gasteiger partial charge in [0.1, 0.15) is 8.07 Å². The number of carboxylic acid groups (broad SMARTS) is 6. The number of halogens is 8. The Morgan fingerprint density at radius 1 is 0.326 bits per heavy atom. The van der Waals surface area contributed by atoms with E-state index in [2.05, 4.69) is 135 Å². The fourth-order valence-electron chi connectivity index (χ4n) is 7.09. The Balaban J connectivity index is -0.0000000554. The van der Waals surface area contributed by atoms with Crippen LogP contribution < -0.4 is 0 Å². The van der Waals surface area contributed by atoms with Crippen LogP contribution in [0.15, 0.2) is 115 Å². The molecule has 0 atom stereocenters. The summed E-state index contributed by atoms with van der Waals surface area (Å²) in [4.78, 5) is 58.5. The maximum absolute atomic E-state index is 9.76. The third-order valence-corrected chi connectivity index (χ3v) is 14.6. The maximum atomic E-state index is 9.76. The van der Waals surface area contributed by atoms with Gasteiger partial charge in [-0.05, 0) is 89.2 Å². The van der Waals surface area contributed by atoms with Gasteiger partial charge in [0.15, 0.2) is 0 Å². The van der Waals surface area contributed by atoms with Crippen LogP contribution in [-0.4, -0.2) is 74.5 Å². The van der Waals surface area contributed by atoms with E-state index in [1.807, 2.05) is 41.5 Å². The minimum absolute atomic E-state index is 0. The van der Waals surface area contributed by atoms with Crippen LogP contribution in [0.3, 0.4) is 0 Å². The van der Waals surface area contributed by atoms with E-state index in [0.717, 1.165) is 77.0 Å². The number of unbranched alkanes of at least 4 members (excludes halogenated alkanes) is 6. The molecule has 0 saturated carbocycles. The summed E-state index contributed by atoms with van der Waals surface area (Å²) < 4.78 is 0. The molecule has 95 heavy (non-hydrogen) atoms. The van der Waals surface area contributed by atoms with Gasteiger partial charge in [-0.3, -0.25) is 28.8 Å². The second-order valence-corrected chi connectivity index (χ2v) is 35.6. The molecule has 0 fully saturated rings. The van der Waals surface area contributed by atoms with Crippen molar-refractivity contribution in [3.63, 3.8) is 0 Å². The van der Waals surface area contributed by atoms with Gasteiger partial charge in [-0.2, -0.15) is 0 Å². The van der Waals surface area contributed by atoms with Crippen LogP contribution in [-0.2, 0) is 113 Å². The fraction of sp³-hybridized carbons (Fsp3) is 0.443. The molecule has 0 saturated heterocycles. The smallest absolute Gasteiger partial charge is 0 e. The maximum Gasteiger partial charge on any atom is 0 e. The first kappa shape index (κ1) is 130. The number of allylic oxidation sites excluding steroid dienone is 2. The van der Waals surface area contributed by atoms with Gasteiger partial charge >= 0.3 is 177 Å². The SMILES string of the molecule is CCCCC(=O)O.CCCCC(=O)O.CCCCC(=O)O.CCCCC(=O)O.CCCCC(=O)O.CCCCC(=O)O.Cc1ccc(C2=C(c3ccccc3)C(c3ccccc3)=C(c3ccccc3)[Si]2(C)C)cc1.[2HH].[2HH].[Cl][Pt+2][Cl].[Cl][Pt+2][Cl].[Cl][Pt+2][Cl].[Cl][Pt+2][Cl].[NH2-].[NH2-].[NH2-].[NH2-].[NH2-].[NH2-].[NH2-].[NH2-].[V]. The van der Waals surface area contributed by atoms with Gasteiger partial charge in [-0.15, -0.1) is 0 Å². The minimum atomic E-state index is -2.03. The average Bonchev–Trinajstić information content (AvgIpc) is 1.57. The van der Waals surface area contributed by atoms with E-state index in [9.17, 15) is 28.8 Å². The Kier molecular flexibility index (Phi) is 130. The van der Waals surface area contributed by atoms with Crippen molar-refractivity contribution >= 4 is 141 Å². The van der Waals surface area contributed by atoms with E-state index < -0.39 is 110 Å². The largest absolute Gasteiger partial charge is 0.693 e. The van der Waals surface area contributed by atoms with Crippen molar-refractivity contribution in [1.29, 1.82) is 0 Å². The van der Waals surface area contributed by atoms with E-state index in [4.69, 9.17) is 106 Å². The Bertz CT molecular complexity index is 2280. The molecule has 1 heterocycles. The van der Waals surface area contributed by atoms with Gasteiger partial charge in [0.2, 0.25) is 0 Å². The number of nitrogens with two attached hydrogens (primary N) is 8. The van der Waals surface area contributed by atoms with Crippen molar-refractivity contribution in [3.8, 4) is 0 Å². The van der Waals surface area contributed by atoms with Crippen LogP contribution in [0.2, 0.25) is 13.1 Å². The third-order valence-electron chi connectivity index (χ3n) is 11.0. The number of rotatable bonds is 22. The average molecular weight is 2290 g/mol. The van der Waals surface area contributed by atoms with Gasteiger partial charge in [0, 0.05) is 59.9 Å². The van der Waals surface area contributed by atoms with E-state index in [-0.39, 0.29) is 70.6 Å². The summed E-state index contributed by atoms with van der Waals surface area (Å²) in [7, 11) is 37.0. The number of hydrogen-bond donors (Lipinski definition) is 6. The van der Waals surface area contributed by atoms with Crippen LogP contribution in [0.1, 0.15) is 188 Å². The molecule has 20 nitrogen and oxygen atoms in total. The quantitative estimate of drug-likeness (QED) is 0.0400. The number of carbonyl (C=O) groups is 6. The van der Waals surface area contributed by atoms with E-state index in [0.29, 0.717) is 38.5 Å². The van der Waals surface area contributed by atoms with Crippen molar-refractivity contribution in [2.24, 2.45) is 0 Å². The molecule has 1 radical (unpaired) electrons. The molecule has 1 aliphatic rings. The summed E-state index contributed by atoms with van der Waals surface area (Å²) in [6.07, 6.45) is 12.5. The zero-order valence-electron chi connectivity index (χ0n) is 55.2. The molecule has 569 valence electrons. The second kappa shape index (κ2) is 94.8. The van der Waals surface area contributed by atoms with Gasteiger partial charge in [0.25, 0.3) is 0 Å². The van der Waals surface area contributed by atoms with Crippen LogP contribution in [0.25, 0.3) is 70.7 Å². The van der Waals surface area contributed by atoms with Gasteiger partial charge in [-0.25, -0.2) is 0 Å². The van der Waals surface area contributed by atoms with Crippen molar-refractivity contribution in [1.82, 2.24) is 0 Å². The summed E-state index contributed by atoms with van der Waals surface area (Å²) in [5.41, 5.74) is 9.39. The molecule has 4 aromatic rings. The van der Waals surface area contributed by atoms with Gasteiger partial charge in [0.05, 0.1) is 0 Å². The Hall–Kier alpha value is -1.27. The minimum Gasteiger partial charge on any atom is -0.693 e. The summed E-state index contributed by atoms with van der Waals surface area (Å²) in [6, 6.07) is 42.1. The van der Waals surface area contributed by atoms with E-state index in [1.165, 1.54) is 49.4 Å². The monoisotopic (exact) mass is 2290 g/mol. The van der Waals surface area contributed by atoms with E-state index >= 15 is 0 Å².